The molecule has 5 nitrogen and oxygen atoms in total. The molecule has 1 saturated carbocycles. The predicted octanol–water partition coefficient (Wildman–Crippen LogP) is 4.33. The van der Waals surface area contributed by atoms with Crippen LogP contribution in [0.4, 0.5) is 19.0 Å². The van der Waals surface area contributed by atoms with Crippen LogP contribution in [0.5, 0.6) is 0 Å². The second-order valence-corrected chi connectivity index (χ2v) is 8.47. The molecule has 0 radical (unpaired) electrons. The number of carbonyl (C=O) groups excluding carboxylic acids is 1. The first kappa shape index (κ1) is 22.2. The standard InChI is InChI=1S/C20H28ClF3N4O/c1-13(14-4-3-9-28(12-14)16-5-2-6-16)27-18(29)7-8-25-19-17(21)10-15(11-26-19)20(22,23)24/h10-11,13-14,16H,2-9,12H2,1H3,(H,25,26)(H,27,29)/t13-,14-/m0/s1. The molecule has 2 N–H and O–H groups in total. The fourth-order valence-electron chi connectivity index (χ4n) is 3.99. The summed E-state index contributed by atoms with van der Waals surface area (Å²) in [6.45, 7) is 4.49. The minimum Gasteiger partial charge on any atom is -0.368 e. The van der Waals surface area contributed by atoms with Crippen LogP contribution in [0.1, 0.15) is 51.0 Å². The number of likely N-dealkylation sites (tertiary alicyclic amines) is 1. The van der Waals surface area contributed by atoms with Crippen LogP contribution in [-0.2, 0) is 11.0 Å². The van der Waals surface area contributed by atoms with E-state index < -0.39 is 11.7 Å². The number of aromatic nitrogens is 1. The summed E-state index contributed by atoms with van der Waals surface area (Å²) in [4.78, 5) is 18.6. The first-order valence-corrected chi connectivity index (χ1v) is 10.6. The number of carbonyl (C=O) groups is 1. The van der Waals surface area contributed by atoms with Crippen LogP contribution in [0.25, 0.3) is 0 Å². The zero-order chi connectivity index (χ0) is 21.0. The highest BCUT2D eigenvalue weighted by atomic mass is 35.5. The molecule has 2 heterocycles. The SMILES string of the molecule is C[C@H](NC(=O)CCNc1ncc(C(F)(F)F)cc1Cl)[C@H]1CCCN(C2CCC2)C1. The molecule has 1 saturated heterocycles. The minimum absolute atomic E-state index is 0.0891. The van der Waals surface area contributed by atoms with Gasteiger partial charge in [0.05, 0.1) is 10.6 Å². The number of nitrogens with one attached hydrogen (secondary N) is 2. The van der Waals surface area contributed by atoms with Gasteiger partial charge in [0.1, 0.15) is 5.82 Å². The van der Waals surface area contributed by atoms with Crippen LogP contribution in [0.3, 0.4) is 0 Å². The maximum atomic E-state index is 12.6. The van der Waals surface area contributed by atoms with Crippen LogP contribution in [-0.4, -0.2) is 47.5 Å². The van der Waals surface area contributed by atoms with Gasteiger partial charge in [0, 0.05) is 37.8 Å². The first-order valence-electron chi connectivity index (χ1n) is 10.2. The molecule has 0 spiro atoms. The number of pyridine rings is 1. The van der Waals surface area contributed by atoms with Crippen molar-refractivity contribution in [2.45, 2.75) is 63.7 Å². The molecule has 0 bridgehead atoms. The predicted molar refractivity (Wildman–Crippen MR) is 107 cm³/mol. The van der Waals surface area contributed by atoms with Gasteiger partial charge in [-0.15, -0.1) is 0 Å². The molecule has 1 aromatic heterocycles. The molecule has 1 aliphatic heterocycles. The van der Waals surface area contributed by atoms with E-state index in [1.165, 1.54) is 25.7 Å². The second kappa shape index (κ2) is 9.51. The summed E-state index contributed by atoms with van der Waals surface area (Å²) >= 11 is 5.86. The van der Waals surface area contributed by atoms with Crippen LogP contribution in [0, 0.1) is 5.92 Å². The van der Waals surface area contributed by atoms with Crippen LogP contribution in [0.15, 0.2) is 12.3 Å². The third-order valence-electron chi connectivity index (χ3n) is 5.99. The molecule has 162 valence electrons. The van der Waals surface area contributed by atoms with Gasteiger partial charge in [0.2, 0.25) is 5.91 Å². The van der Waals surface area contributed by atoms with Crippen LogP contribution >= 0.6 is 11.6 Å². The third-order valence-corrected chi connectivity index (χ3v) is 6.28. The smallest absolute Gasteiger partial charge is 0.368 e. The topological polar surface area (TPSA) is 57.3 Å². The summed E-state index contributed by atoms with van der Waals surface area (Å²) < 4.78 is 37.9. The van der Waals surface area contributed by atoms with Crippen molar-refractivity contribution in [1.82, 2.24) is 15.2 Å². The zero-order valence-corrected chi connectivity index (χ0v) is 17.3. The van der Waals surface area contributed by atoms with Crippen molar-refractivity contribution in [2.75, 3.05) is 25.0 Å². The Morgan fingerprint density at radius 1 is 1.34 bits per heavy atom. The van der Waals surface area contributed by atoms with Crippen LogP contribution in [0.2, 0.25) is 5.02 Å². The molecule has 0 unspecified atom stereocenters. The summed E-state index contributed by atoms with van der Waals surface area (Å²) in [6.07, 6.45) is 2.63. The monoisotopic (exact) mass is 432 g/mol. The van der Waals surface area contributed by atoms with E-state index >= 15 is 0 Å². The number of hydrogen-bond donors (Lipinski definition) is 2. The molecular formula is C20H28ClF3N4O. The fourth-order valence-corrected chi connectivity index (χ4v) is 4.23. The number of rotatable bonds is 7. The number of halogens is 4. The zero-order valence-electron chi connectivity index (χ0n) is 16.6. The van der Waals surface area contributed by atoms with E-state index in [1.54, 1.807) is 0 Å². The van der Waals surface area contributed by atoms with Crippen LogP contribution < -0.4 is 10.6 Å². The van der Waals surface area contributed by atoms with Crippen molar-refractivity contribution >= 4 is 23.3 Å². The van der Waals surface area contributed by atoms with E-state index in [9.17, 15) is 18.0 Å². The van der Waals surface area contributed by atoms with Gasteiger partial charge in [-0.2, -0.15) is 13.2 Å². The summed E-state index contributed by atoms with van der Waals surface area (Å²) in [5.41, 5.74) is -0.900. The highest BCUT2D eigenvalue weighted by Crippen LogP contribution is 2.32. The Labute approximate surface area is 174 Å². The molecule has 29 heavy (non-hydrogen) atoms. The quantitative estimate of drug-likeness (QED) is 0.673. The number of amides is 1. The van der Waals surface area contributed by atoms with Crippen molar-refractivity contribution in [3.63, 3.8) is 0 Å². The molecule has 1 aliphatic carbocycles. The van der Waals surface area contributed by atoms with Gasteiger partial charge < -0.3 is 15.5 Å². The van der Waals surface area contributed by atoms with Gasteiger partial charge in [-0.1, -0.05) is 18.0 Å². The fraction of sp³-hybridized carbons (Fsp3) is 0.700. The third kappa shape index (κ3) is 5.98. The van der Waals surface area contributed by atoms with Gasteiger partial charge in [-0.25, -0.2) is 4.98 Å². The number of piperidine rings is 1. The van der Waals surface area contributed by atoms with Gasteiger partial charge in [0.25, 0.3) is 0 Å². The Morgan fingerprint density at radius 2 is 2.10 bits per heavy atom. The lowest BCUT2D eigenvalue weighted by atomic mass is 9.85. The van der Waals surface area contributed by atoms with Crippen molar-refractivity contribution in [1.29, 1.82) is 0 Å². The summed E-state index contributed by atoms with van der Waals surface area (Å²) in [7, 11) is 0. The van der Waals surface area contributed by atoms with Gasteiger partial charge in [-0.05, 0) is 51.1 Å². The number of alkyl halides is 3. The molecule has 0 aromatic carbocycles. The maximum absolute atomic E-state index is 12.6. The first-order chi connectivity index (χ1) is 13.7. The number of nitrogens with zero attached hydrogens (tertiary/aromatic N) is 2. The summed E-state index contributed by atoms with van der Waals surface area (Å²) in [5.74, 6) is 0.505. The molecule has 2 aliphatic rings. The molecule has 9 heteroatoms. The Bertz CT molecular complexity index is 711. The average molecular weight is 433 g/mol. The van der Waals surface area contributed by atoms with Crippen molar-refractivity contribution in [3.05, 3.63) is 22.8 Å². The molecule has 3 rings (SSSR count). The van der Waals surface area contributed by atoms with Crippen molar-refractivity contribution in [3.8, 4) is 0 Å². The molecular weight excluding hydrogens is 405 g/mol. The average Bonchev–Trinajstić information content (AvgIpc) is 2.61. The molecule has 2 fully saturated rings. The highest BCUT2D eigenvalue weighted by Gasteiger charge is 2.32. The largest absolute Gasteiger partial charge is 0.417 e. The Hall–Kier alpha value is -1.54. The molecule has 1 amide bonds. The number of hydrogen-bond acceptors (Lipinski definition) is 4. The Balaban J connectivity index is 1.41. The lowest BCUT2D eigenvalue weighted by Gasteiger charge is -2.43. The van der Waals surface area contributed by atoms with Gasteiger partial charge in [-0.3, -0.25) is 4.79 Å². The summed E-state index contributed by atoms with van der Waals surface area (Å²) in [6, 6.07) is 1.65. The Morgan fingerprint density at radius 3 is 2.72 bits per heavy atom. The van der Waals surface area contributed by atoms with E-state index in [-0.39, 0.29) is 35.8 Å². The maximum Gasteiger partial charge on any atom is 0.417 e. The van der Waals surface area contributed by atoms with E-state index in [4.69, 9.17) is 11.6 Å². The van der Waals surface area contributed by atoms with E-state index in [0.717, 1.165) is 37.8 Å². The van der Waals surface area contributed by atoms with E-state index in [1.807, 2.05) is 0 Å². The second-order valence-electron chi connectivity index (χ2n) is 8.07. The Kier molecular flexibility index (Phi) is 7.27. The normalized spacial score (nSPS) is 22.0. The van der Waals surface area contributed by atoms with E-state index in [0.29, 0.717) is 5.92 Å². The van der Waals surface area contributed by atoms with Gasteiger partial charge in [0.15, 0.2) is 0 Å². The molecule has 2 atom stereocenters. The van der Waals surface area contributed by atoms with Gasteiger partial charge >= 0.3 is 6.18 Å². The summed E-state index contributed by atoms with van der Waals surface area (Å²) in [5, 5.41) is 5.78. The lowest BCUT2D eigenvalue weighted by Crippen LogP contribution is -2.50. The minimum atomic E-state index is -4.49. The lowest BCUT2D eigenvalue weighted by molar-refractivity contribution is -0.137. The molecule has 1 aromatic rings. The van der Waals surface area contributed by atoms with Crippen molar-refractivity contribution in [2.24, 2.45) is 5.92 Å². The highest BCUT2D eigenvalue weighted by molar-refractivity contribution is 6.32. The van der Waals surface area contributed by atoms with Crippen molar-refractivity contribution < 1.29 is 18.0 Å². The van der Waals surface area contributed by atoms with E-state index in [2.05, 4.69) is 27.4 Å². The number of anilines is 1.